The molecule has 1 aromatic carbocycles. The van der Waals surface area contributed by atoms with Crippen molar-refractivity contribution in [1.82, 2.24) is 20.6 Å². The van der Waals surface area contributed by atoms with E-state index in [1.165, 1.54) is 12.8 Å². The number of piperidine rings is 1. The topological polar surface area (TPSA) is 120 Å². The van der Waals surface area contributed by atoms with Gasteiger partial charge in [0.1, 0.15) is 12.4 Å². The van der Waals surface area contributed by atoms with Crippen molar-refractivity contribution in [3.8, 4) is 12.8 Å². The number of hydrogen-bond acceptors (Lipinski definition) is 5. The van der Waals surface area contributed by atoms with Crippen molar-refractivity contribution in [3.05, 3.63) is 53.6 Å². The summed E-state index contributed by atoms with van der Waals surface area (Å²) in [5, 5.41) is 12.4. The van der Waals surface area contributed by atoms with E-state index in [2.05, 4.69) is 47.3 Å². The molecule has 43 heavy (non-hydrogen) atoms. The molecule has 1 saturated heterocycles. The Balaban J connectivity index is 0. The number of carbonyl (C=O) groups excluding carboxylic acids is 2. The Morgan fingerprint density at radius 3 is 2.14 bits per heavy atom. The zero-order valence-electron chi connectivity index (χ0n) is 28.3. The number of nitrogens with one attached hydrogen (secondary N) is 4. The van der Waals surface area contributed by atoms with Crippen LogP contribution >= 0.6 is 0 Å². The molecule has 1 saturated carbocycles. The van der Waals surface area contributed by atoms with Gasteiger partial charge in [0.25, 0.3) is 0 Å². The molecule has 2 aromatic rings. The molecular formula is C35H59N5O3. The fourth-order valence-electron chi connectivity index (χ4n) is 4.58. The van der Waals surface area contributed by atoms with Crippen LogP contribution in [0.4, 0.5) is 4.79 Å². The van der Waals surface area contributed by atoms with E-state index in [0.717, 1.165) is 49.3 Å². The Hall–Kier alpha value is -3.60. The zero-order valence-corrected chi connectivity index (χ0v) is 28.3. The number of terminal acetylenes is 1. The van der Waals surface area contributed by atoms with E-state index >= 15 is 0 Å². The molecule has 4 N–H and O–H groups in total. The Morgan fingerprint density at radius 1 is 1.07 bits per heavy atom. The van der Waals surface area contributed by atoms with Gasteiger partial charge in [-0.25, -0.2) is 9.78 Å². The second-order valence-electron chi connectivity index (χ2n) is 10.6. The molecule has 2 aliphatic rings. The minimum Gasteiger partial charge on any atom is -0.445 e. The molecule has 1 aliphatic carbocycles. The second kappa shape index (κ2) is 26.1. The summed E-state index contributed by atoms with van der Waals surface area (Å²) in [4.78, 5) is 30.5. The lowest BCUT2D eigenvalue weighted by molar-refractivity contribution is -0.122. The molecule has 8 heteroatoms. The minimum atomic E-state index is -0.376. The highest BCUT2D eigenvalue weighted by Gasteiger charge is 2.30. The largest absolute Gasteiger partial charge is 0.445 e. The Morgan fingerprint density at radius 2 is 1.67 bits per heavy atom. The summed E-state index contributed by atoms with van der Waals surface area (Å²) in [5.41, 5.74) is 2.62. The highest BCUT2D eigenvalue weighted by molar-refractivity contribution is 5.76. The Kier molecular flexibility index (Phi) is 25.2. The molecule has 4 unspecified atom stereocenters. The van der Waals surface area contributed by atoms with Crippen molar-refractivity contribution in [1.29, 1.82) is 5.41 Å². The molecular weight excluding hydrogens is 538 g/mol. The Bertz CT molecular complexity index is 1000. The van der Waals surface area contributed by atoms with Crippen molar-refractivity contribution in [2.45, 2.75) is 113 Å². The van der Waals surface area contributed by atoms with Crippen molar-refractivity contribution in [2.24, 2.45) is 17.8 Å². The third-order valence-electron chi connectivity index (χ3n) is 6.50. The molecule has 0 spiro atoms. The van der Waals surface area contributed by atoms with Crippen LogP contribution in [0.15, 0.2) is 36.5 Å². The monoisotopic (exact) mass is 597 g/mol. The van der Waals surface area contributed by atoms with E-state index < -0.39 is 0 Å². The molecule has 2 amide bonds. The van der Waals surface area contributed by atoms with Crippen LogP contribution in [-0.4, -0.2) is 34.2 Å². The van der Waals surface area contributed by atoms with Crippen LogP contribution < -0.4 is 10.6 Å². The number of imidazole rings is 1. The summed E-state index contributed by atoms with van der Waals surface area (Å²) < 4.78 is 5.42. The molecule has 4 atom stereocenters. The van der Waals surface area contributed by atoms with E-state index in [-0.39, 0.29) is 24.6 Å². The average molecular weight is 598 g/mol. The molecule has 242 valence electrons. The number of aromatic nitrogens is 2. The first-order valence-corrected chi connectivity index (χ1v) is 15.7. The first-order valence-electron chi connectivity index (χ1n) is 15.7. The number of carbonyl (C=O) groups is 2. The number of ether oxygens (including phenoxy) is 1. The number of nitrogens with zero attached hydrogens (tertiary/aromatic N) is 1. The minimum absolute atomic E-state index is 0.0766. The number of alkyl carbamates (subject to hydrolysis) is 1. The highest BCUT2D eigenvalue weighted by atomic mass is 16.5. The lowest BCUT2D eigenvalue weighted by Gasteiger charge is -2.33. The van der Waals surface area contributed by atoms with Gasteiger partial charge in [-0.15, -0.1) is 12.8 Å². The lowest BCUT2D eigenvalue weighted by atomic mass is 9.78. The van der Waals surface area contributed by atoms with Gasteiger partial charge < -0.3 is 25.8 Å². The van der Waals surface area contributed by atoms with Gasteiger partial charge in [0, 0.05) is 18.7 Å². The third kappa shape index (κ3) is 20.0. The van der Waals surface area contributed by atoms with Crippen LogP contribution in [0.25, 0.3) is 0 Å². The van der Waals surface area contributed by atoms with Gasteiger partial charge in [0.05, 0.1) is 17.9 Å². The van der Waals surface area contributed by atoms with Gasteiger partial charge >= 0.3 is 6.09 Å². The maximum atomic E-state index is 12.4. The number of amides is 2. The van der Waals surface area contributed by atoms with Crippen LogP contribution in [0.3, 0.4) is 0 Å². The fourth-order valence-corrected chi connectivity index (χ4v) is 4.58. The summed E-state index contributed by atoms with van der Waals surface area (Å²) in [5.74, 6) is 2.86. The lowest BCUT2D eigenvalue weighted by Crippen LogP contribution is -2.36. The van der Waals surface area contributed by atoms with E-state index in [4.69, 9.17) is 10.1 Å². The van der Waals surface area contributed by atoms with Gasteiger partial charge in [-0.2, -0.15) is 0 Å². The Labute approximate surface area is 262 Å². The number of H-pyrrole nitrogens is 1. The molecule has 4 rings (SSSR count). The maximum Gasteiger partial charge on any atom is 0.408 e. The first kappa shape index (κ1) is 41.5. The van der Waals surface area contributed by atoms with Crippen molar-refractivity contribution < 1.29 is 14.3 Å². The molecule has 8 nitrogen and oxygen atoms in total. The average Bonchev–Trinajstić information content (AvgIpc) is 3.45. The van der Waals surface area contributed by atoms with E-state index in [1.807, 2.05) is 71.1 Å². The van der Waals surface area contributed by atoms with E-state index in [0.29, 0.717) is 23.5 Å². The standard InChI is InChI=1S/C20H27N3O2.C6H11NO.C3H7N.2C2H6.C2H2/c1-14-7-6-10-17(11-14)19(18-12-21-15(2)22-18)23-20(24)25-13-16-8-4-3-5-9-16;1-5-2-3-6(8)7-4-5;1-3(2)4;3*1-2/h3-5,8-9,12,14,17,19H,6-7,10-11,13H2,1-2H3,(H,21,22)(H,23,24);5H,2-4H2,1H3,(H,7,8);4H,1-2H3;2*1-2H3;1-2H. The number of benzene rings is 1. The summed E-state index contributed by atoms with van der Waals surface area (Å²) in [6.07, 6.45) is 15.9. The molecule has 0 bridgehead atoms. The molecule has 1 aromatic heterocycles. The SMILES string of the molecule is C#C.CC.CC.CC(C)=N.CC1CCC(=O)NC1.Cc1ncc(C(NC(=O)OCc2ccccc2)C2CCCC(C)C2)[nH]1. The molecule has 1 aliphatic heterocycles. The van der Waals surface area contributed by atoms with Crippen molar-refractivity contribution in [3.63, 3.8) is 0 Å². The summed E-state index contributed by atoms with van der Waals surface area (Å²) in [7, 11) is 0. The first-order chi connectivity index (χ1) is 20.6. The number of aromatic amines is 1. The van der Waals surface area contributed by atoms with Crippen molar-refractivity contribution >= 4 is 17.7 Å². The maximum absolute atomic E-state index is 12.4. The molecule has 2 fully saturated rings. The number of hydrogen-bond donors (Lipinski definition) is 4. The second-order valence-corrected chi connectivity index (χ2v) is 10.6. The zero-order chi connectivity index (χ0) is 33.2. The molecule has 2 heterocycles. The van der Waals surface area contributed by atoms with Crippen LogP contribution in [0, 0.1) is 42.9 Å². The number of rotatable bonds is 5. The summed E-state index contributed by atoms with van der Waals surface area (Å²) in [6, 6.07) is 9.65. The quantitative estimate of drug-likeness (QED) is 0.204. The highest BCUT2D eigenvalue weighted by Crippen LogP contribution is 2.36. The van der Waals surface area contributed by atoms with Crippen LogP contribution in [0.5, 0.6) is 0 Å². The smallest absolute Gasteiger partial charge is 0.408 e. The fraction of sp³-hybridized carbons (Fsp3) is 0.600. The predicted molar refractivity (Wildman–Crippen MR) is 180 cm³/mol. The van der Waals surface area contributed by atoms with E-state index in [1.54, 1.807) is 13.8 Å². The predicted octanol–water partition coefficient (Wildman–Crippen LogP) is 8.39. The van der Waals surface area contributed by atoms with Crippen LogP contribution in [0.1, 0.15) is 117 Å². The molecule has 0 radical (unpaired) electrons. The van der Waals surface area contributed by atoms with Gasteiger partial charge in [0.2, 0.25) is 5.91 Å². The van der Waals surface area contributed by atoms with Crippen LogP contribution in [0.2, 0.25) is 0 Å². The van der Waals surface area contributed by atoms with Gasteiger partial charge in [-0.1, -0.05) is 84.7 Å². The van der Waals surface area contributed by atoms with E-state index in [9.17, 15) is 9.59 Å². The normalized spacial score (nSPS) is 19.0. The summed E-state index contributed by atoms with van der Waals surface area (Å²) >= 11 is 0. The summed E-state index contributed by atoms with van der Waals surface area (Å²) in [6.45, 7) is 19.0. The third-order valence-corrected chi connectivity index (χ3v) is 6.50. The van der Waals surface area contributed by atoms with Gasteiger partial charge in [-0.05, 0) is 63.4 Å². The van der Waals surface area contributed by atoms with Gasteiger partial charge in [0.15, 0.2) is 0 Å². The van der Waals surface area contributed by atoms with Gasteiger partial charge in [-0.3, -0.25) is 4.79 Å². The number of aryl methyl sites for hydroxylation is 1. The van der Waals surface area contributed by atoms with Crippen molar-refractivity contribution in [2.75, 3.05) is 6.54 Å². The van der Waals surface area contributed by atoms with Crippen LogP contribution in [-0.2, 0) is 16.1 Å².